The van der Waals surface area contributed by atoms with Crippen molar-refractivity contribution in [1.29, 1.82) is 0 Å². The van der Waals surface area contributed by atoms with E-state index in [-0.39, 0.29) is 24.0 Å². The highest BCUT2D eigenvalue weighted by Crippen LogP contribution is 2.26. The molecule has 2 heterocycles. The molecule has 0 aliphatic carbocycles. The van der Waals surface area contributed by atoms with Gasteiger partial charge < -0.3 is 10.2 Å². The molecule has 0 saturated carbocycles. The summed E-state index contributed by atoms with van der Waals surface area (Å²) in [5, 5.41) is 7.53. The van der Waals surface area contributed by atoms with Crippen LogP contribution in [0.1, 0.15) is 24.3 Å². The summed E-state index contributed by atoms with van der Waals surface area (Å²) in [6.45, 7) is 3.00. The monoisotopic (exact) mass is 470 g/mol. The maximum Gasteiger partial charge on any atom is 0.208 e. The van der Waals surface area contributed by atoms with Crippen molar-refractivity contribution in [3.05, 3.63) is 18.0 Å². The van der Waals surface area contributed by atoms with Gasteiger partial charge in [0.05, 0.1) is 12.5 Å². The first-order valence-electron chi connectivity index (χ1n) is 7.78. The predicted molar refractivity (Wildman–Crippen MR) is 106 cm³/mol. The van der Waals surface area contributed by atoms with Gasteiger partial charge in [-0.25, -0.2) is 13.1 Å². The molecule has 1 atom stereocenters. The van der Waals surface area contributed by atoms with E-state index in [0.29, 0.717) is 25.4 Å². The molecule has 138 valence electrons. The summed E-state index contributed by atoms with van der Waals surface area (Å²) in [5.41, 5.74) is 1.27. The van der Waals surface area contributed by atoms with Gasteiger partial charge in [0, 0.05) is 52.4 Å². The second kappa shape index (κ2) is 9.56. The fraction of sp³-hybridized carbons (Fsp3) is 0.714. The van der Waals surface area contributed by atoms with E-state index < -0.39 is 10.0 Å². The number of sulfonamides is 1. The number of hydrogen-bond acceptors (Lipinski definition) is 4. The molecule has 10 heteroatoms. The Morgan fingerprint density at radius 1 is 1.46 bits per heavy atom. The molecule has 0 aromatic carbocycles. The van der Waals surface area contributed by atoms with Crippen LogP contribution in [0.25, 0.3) is 0 Å². The molecule has 1 aromatic rings. The Bertz CT molecular complexity index is 645. The molecule has 1 aliphatic rings. The van der Waals surface area contributed by atoms with Crippen LogP contribution in [-0.4, -0.2) is 68.5 Å². The van der Waals surface area contributed by atoms with Crippen molar-refractivity contribution < 1.29 is 8.42 Å². The van der Waals surface area contributed by atoms with Crippen LogP contribution < -0.4 is 10.0 Å². The van der Waals surface area contributed by atoms with Crippen molar-refractivity contribution in [3.63, 3.8) is 0 Å². The smallest absolute Gasteiger partial charge is 0.208 e. The van der Waals surface area contributed by atoms with Gasteiger partial charge in [0.25, 0.3) is 0 Å². The fourth-order valence-corrected chi connectivity index (χ4v) is 3.27. The maximum atomic E-state index is 11.0. The van der Waals surface area contributed by atoms with Crippen LogP contribution in [0.3, 0.4) is 0 Å². The topological polar surface area (TPSA) is 91.6 Å². The minimum Gasteiger partial charge on any atom is -0.356 e. The lowest BCUT2D eigenvalue weighted by Gasteiger charge is -2.21. The molecule has 2 rings (SSSR count). The molecule has 1 aliphatic heterocycles. The number of likely N-dealkylation sites (tertiary alicyclic amines) is 1. The highest BCUT2D eigenvalue weighted by atomic mass is 127. The van der Waals surface area contributed by atoms with Gasteiger partial charge in [-0.3, -0.25) is 9.67 Å². The number of rotatable bonds is 6. The summed E-state index contributed by atoms with van der Waals surface area (Å²) in [6, 6.07) is 0. The largest absolute Gasteiger partial charge is 0.356 e. The zero-order valence-corrected chi connectivity index (χ0v) is 17.5. The molecule has 0 bridgehead atoms. The molecule has 0 spiro atoms. The zero-order chi connectivity index (χ0) is 16.9. The highest BCUT2D eigenvalue weighted by Gasteiger charge is 2.26. The summed E-state index contributed by atoms with van der Waals surface area (Å²) in [6.07, 6.45) is 6.97. The van der Waals surface area contributed by atoms with Gasteiger partial charge in [-0.05, 0) is 18.4 Å². The van der Waals surface area contributed by atoms with Crippen LogP contribution in [0, 0.1) is 0 Å². The number of nitrogens with zero attached hydrogens (tertiary/aromatic N) is 4. The van der Waals surface area contributed by atoms with E-state index in [0.717, 1.165) is 25.5 Å². The van der Waals surface area contributed by atoms with Crippen molar-refractivity contribution in [2.24, 2.45) is 12.0 Å². The average Bonchev–Trinajstić information content (AvgIpc) is 3.10. The molecular weight excluding hydrogens is 443 g/mol. The van der Waals surface area contributed by atoms with Gasteiger partial charge in [0.15, 0.2) is 5.96 Å². The molecule has 1 aromatic heterocycles. The lowest BCUT2D eigenvalue weighted by atomic mass is 10.0. The van der Waals surface area contributed by atoms with Gasteiger partial charge in [0.2, 0.25) is 10.0 Å². The summed E-state index contributed by atoms with van der Waals surface area (Å²) in [7, 11) is 0.596. The number of halogens is 1. The number of guanidine groups is 1. The van der Waals surface area contributed by atoms with E-state index >= 15 is 0 Å². The Hall–Kier alpha value is -0.880. The molecule has 0 amide bonds. The van der Waals surface area contributed by atoms with Crippen LogP contribution in [0.2, 0.25) is 0 Å². The first kappa shape index (κ1) is 21.2. The van der Waals surface area contributed by atoms with Gasteiger partial charge in [0.1, 0.15) is 0 Å². The number of aliphatic imine (C=N–C) groups is 1. The van der Waals surface area contributed by atoms with Crippen molar-refractivity contribution in [2.75, 3.05) is 39.5 Å². The fourth-order valence-electron chi connectivity index (χ4n) is 2.75. The second-order valence-electron chi connectivity index (χ2n) is 5.87. The molecular formula is C14H27IN6O2S. The van der Waals surface area contributed by atoms with E-state index in [9.17, 15) is 8.42 Å². The summed E-state index contributed by atoms with van der Waals surface area (Å²) >= 11 is 0. The van der Waals surface area contributed by atoms with Crippen molar-refractivity contribution in [3.8, 4) is 0 Å². The summed E-state index contributed by atoms with van der Waals surface area (Å²) < 4.78 is 26.3. The normalized spacial score (nSPS) is 18.5. The van der Waals surface area contributed by atoms with E-state index in [2.05, 4.69) is 31.2 Å². The van der Waals surface area contributed by atoms with E-state index in [1.54, 1.807) is 7.05 Å². The van der Waals surface area contributed by atoms with Crippen LogP contribution in [0.5, 0.6) is 0 Å². The number of hydrogen-bond donors (Lipinski definition) is 2. The first-order valence-corrected chi connectivity index (χ1v) is 9.67. The predicted octanol–water partition coefficient (Wildman–Crippen LogP) is 0.342. The molecule has 1 unspecified atom stereocenters. The van der Waals surface area contributed by atoms with Crippen molar-refractivity contribution in [1.82, 2.24) is 24.7 Å². The van der Waals surface area contributed by atoms with Crippen LogP contribution in [0.15, 0.2) is 17.4 Å². The minimum absolute atomic E-state index is 0. The Morgan fingerprint density at radius 2 is 2.21 bits per heavy atom. The van der Waals surface area contributed by atoms with Crippen LogP contribution in [0.4, 0.5) is 0 Å². The third-order valence-electron chi connectivity index (χ3n) is 3.90. The first-order chi connectivity index (χ1) is 10.9. The Morgan fingerprint density at radius 3 is 2.79 bits per heavy atom. The summed E-state index contributed by atoms with van der Waals surface area (Å²) in [5.74, 6) is 1.35. The van der Waals surface area contributed by atoms with E-state index in [1.165, 1.54) is 11.8 Å². The third-order valence-corrected chi connectivity index (χ3v) is 4.63. The third kappa shape index (κ3) is 6.55. The van der Waals surface area contributed by atoms with Gasteiger partial charge in [-0.15, -0.1) is 24.0 Å². The highest BCUT2D eigenvalue weighted by molar-refractivity contribution is 14.0. The second-order valence-corrected chi connectivity index (χ2v) is 7.71. The van der Waals surface area contributed by atoms with Gasteiger partial charge >= 0.3 is 0 Å². The lowest BCUT2D eigenvalue weighted by molar-refractivity contribution is 0.484. The lowest BCUT2D eigenvalue weighted by Crippen LogP contribution is -2.41. The van der Waals surface area contributed by atoms with E-state index in [1.807, 2.05) is 17.9 Å². The Balaban J connectivity index is 0.00000288. The number of aryl methyl sites for hydroxylation is 1. The van der Waals surface area contributed by atoms with Crippen molar-refractivity contribution in [2.45, 2.75) is 18.8 Å². The molecule has 1 saturated heterocycles. The van der Waals surface area contributed by atoms with E-state index in [4.69, 9.17) is 0 Å². The van der Waals surface area contributed by atoms with Crippen molar-refractivity contribution >= 4 is 40.0 Å². The maximum absolute atomic E-state index is 11.0. The van der Waals surface area contributed by atoms with Crippen LogP contribution in [-0.2, 0) is 17.1 Å². The quantitative estimate of drug-likeness (QED) is 0.271. The minimum atomic E-state index is -3.11. The molecule has 8 nitrogen and oxygen atoms in total. The van der Waals surface area contributed by atoms with Gasteiger partial charge in [-0.1, -0.05) is 0 Å². The molecule has 2 N–H and O–H groups in total. The zero-order valence-electron chi connectivity index (χ0n) is 14.4. The summed E-state index contributed by atoms with van der Waals surface area (Å²) in [4.78, 5) is 6.56. The van der Waals surface area contributed by atoms with Crippen LogP contribution >= 0.6 is 24.0 Å². The Kier molecular flexibility index (Phi) is 8.43. The molecule has 24 heavy (non-hydrogen) atoms. The van der Waals surface area contributed by atoms with Gasteiger partial charge in [-0.2, -0.15) is 5.10 Å². The Labute approximate surface area is 161 Å². The SMILES string of the molecule is CN=C(NCCCNS(C)(=O)=O)N1CCC(c2cnn(C)c2)C1.I. The number of aromatic nitrogens is 2. The molecule has 1 fully saturated rings. The average molecular weight is 470 g/mol. The number of nitrogens with one attached hydrogen (secondary N) is 2. The standard InChI is InChI=1S/C14H26N6O2S.HI/c1-15-14(16-6-4-7-18-23(3,21)22)20-8-5-12(11-20)13-9-17-19(2)10-13;/h9-10,12,18H,4-8,11H2,1-3H3,(H,15,16);1H. The molecule has 0 radical (unpaired) electrons.